The second-order valence-corrected chi connectivity index (χ2v) is 8.17. The molecule has 0 aliphatic carbocycles. The fourth-order valence-corrected chi connectivity index (χ4v) is 4.47. The summed E-state index contributed by atoms with van der Waals surface area (Å²) in [6, 6.07) is 8.23. The lowest BCUT2D eigenvalue weighted by Gasteiger charge is -2.29. The number of carbonyl (C=O) groups is 3. The van der Waals surface area contributed by atoms with E-state index < -0.39 is 11.9 Å². The average molecular weight is 431 g/mol. The normalized spacial score (nSPS) is 18.1. The van der Waals surface area contributed by atoms with Crippen molar-refractivity contribution >= 4 is 17.7 Å². The highest BCUT2D eigenvalue weighted by Gasteiger charge is 2.39. The molecule has 9 heteroatoms. The van der Waals surface area contributed by atoms with Gasteiger partial charge >= 0.3 is 0 Å². The summed E-state index contributed by atoms with van der Waals surface area (Å²) in [4.78, 5) is 50.0. The van der Waals surface area contributed by atoms with E-state index in [4.69, 9.17) is 0 Å². The van der Waals surface area contributed by atoms with Crippen molar-refractivity contribution < 1.29 is 14.4 Å². The summed E-state index contributed by atoms with van der Waals surface area (Å²) in [6.07, 6.45) is 4.08. The van der Waals surface area contributed by atoms with E-state index in [1.165, 1.54) is 15.5 Å². The summed E-state index contributed by atoms with van der Waals surface area (Å²) < 4.78 is 3.27. The van der Waals surface area contributed by atoms with Gasteiger partial charge in [0.2, 0.25) is 17.4 Å². The van der Waals surface area contributed by atoms with Crippen molar-refractivity contribution in [2.24, 2.45) is 14.1 Å². The third kappa shape index (κ3) is 3.13. The van der Waals surface area contributed by atoms with Crippen LogP contribution in [0.15, 0.2) is 47.5 Å². The van der Waals surface area contributed by atoms with Crippen molar-refractivity contribution in [3.05, 3.63) is 64.2 Å². The van der Waals surface area contributed by atoms with Crippen molar-refractivity contribution in [1.29, 1.82) is 0 Å². The van der Waals surface area contributed by atoms with E-state index >= 15 is 0 Å². The number of nitrogens with zero attached hydrogens (tertiary/aromatic N) is 4. The molecule has 1 N–H and O–H groups in total. The summed E-state index contributed by atoms with van der Waals surface area (Å²) in [5, 5.41) is 6.72. The molecule has 0 radical (unpaired) electrons. The van der Waals surface area contributed by atoms with Gasteiger partial charge < -0.3 is 9.47 Å². The molecular weight excluding hydrogens is 410 g/mol. The Hall–Kier alpha value is -4.01. The van der Waals surface area contributed by atoms with Gasteiger partial charge in [0, 0.05) is 56.0 Å². The Morgan fingerprint density at radius 1 is 1.00 bits per heavy atom. The number of amides is 3. The van der Waals surface area contributed by atoms with Crippen LogP contribution in [0.25, 0.3) is 22.4 Å². The minimum atomic E-state index is -0.643. The predicted molar refractivity (Wildman–Crippen MR) is 115 cm³/mol. The van der Waals surface area contributed by atoms with Crippen LogP contribution in [0.5, 0.6) is 0 Å². The Labute approximate surface area is 183 Å². The molecule has 32 heavy (non-hydrogen) atoms. The average Bonchev–Trinajstić information content (AvgIpc) is 3.30. The fourth-order valence-electron chi connectivity index (χ4n) is 4.47. The van der Waals surface area contributed by atoms with Gasteiger partial charge in [-0.05, 0) is 35.7 Å². The van der Waals surface area contributed by atoms with E-state index in [2.05, 4.69) is 10.4 Å². The number of fused-ring (bicyclic) bond motifs is 1. The number of hydrogen-bond donors (Lipinski definition) is 1. The maximum atomic E-state index is 12.9. The van der Waals surface area contributed by atoms with E-state index in [1.807, 2.05) is 19.2 Å². The molecule has 3 amide bonds. The molecule has 9 nitrogen and oxygen atoms in total. The number of pyridine rings is 1. The van der Waals surface area contributed by atoms with Crippen molar-refractivity contribution in [2.45, 2.75) is 25.4 Å². The topological polar surface area (TPSA) is 106 Å². The van der Waals surface area contributed by atoms with E-state index in [0.717, 1.165) is 27.9 Å². The third-order valence-electron chi connectivity index (χ3n) is 6.13. The Bertz CT molecular complexity index is 1350. The number of aromatic nitrogens is 3. The van der Waals surface area contributed by atoms with Crippen LogP contribution in [0.1, 0.15) is 28.8 Å². The van der Waals surface area contributed by atoms with Gasteiger partial charge in [0.15, 0.2) is 0 Å². The van der Waals surface area contributed by atoms with Crippen LogP contribution < -0.4 is 10.9 Å². The molecule has 0 bridgehead atoms. The largest absolute Gasteiger partial charge is 0.322 e. The minimum Gasteiger partial charge on any atom is -0.322 e. The molecule has 162 valence electrons. The van der Waals surface area contributed by atoms with Crippen LogP contribution in [-0.2, 0) is 30.2 Å². The smallest absolute Gasteiger partial charge is 0.255 e. The Morgan fingerprint density at radius 3 is 2.53 bits per heavy atom. The Kier molecular flexibility index (Phi) is 4.54. The molecule has 1 fully saturated rings. The second kappa shape index (κ2) is 7.30. The van der Waals surface area contributed by atoms with Gasteiger partial charge in [0.05, 0.1) is 11.9 Å². The summed E-state index contributed by atoms with van der Waals surface area (Å²) in [5.41, 5.74) is 4.76. The van der Waals surface area contributed by atoms with Gasteiger partial charge in [0.1, 0.15) is 6.04 Å². The van der Waals surface area contributed by atoms with Gasteiger partial charge in [-0.2, -0.15) is 5.10 Å². The molecule has 1 atom stereocenters. The summed E-state index contributed by atoms with van der Waals surface area (Å²) in [7, 11) is 3.54. The molecule has 0 saturated carbocycles. The number of piperidine rings is 1. The number of aryl methyl sites for hydroxylation is 2. The lowest BCUT2D eigenvalue weighted by molar-refractivity contribution is -0.136. The lowest BCUT2D eigenvalue weighted by atomic mass is 9.98. The number of carbonyl (C=O) groups excluding carboxylic acids is 3. The maximum Gasteiger partial charge on any atom is 0.255 e. The Morgan fingerprint density at radius 2 is 1.78 bits per heavy atom. The number of hydrogen-bond acceptors (Lipinski definition) is 5. The number of benzene rings is 1. The van der Waals surface area contributed by atoms with E-state index in [1.54, 1.807) is 36.3 Å². The van der Waals surface area contributed by atoms with Gasteiger partial charge in [-0.1, -0.05) is 6.07 Å². The van der Waals surface area contributed by atoms with E-state index in [0.29, 0.717) is 18.5 Å². The van der Waals surface area contributed by atoms with Crippen molar-refractivity contribution in [3.63, 3.8) is 0 Å². The number of imide groups is 1. The molecular formula is C23H21N5O4. The van der Waals surface area contributed by atoms with Crippen molar-refractivity contribution in [1.82, 2.24) is 24.6 Å². The van der Waals surface area contributed by atoms with Crippen molar-refractivity contribution in [2.75, 3.05) is 0 Å². The molecule has 3 aromatic rings. The molecule has 2 aromatic heterocycles. The van der Waals surface area contributed by atoms with Gasteiger partial charge in [-0.3, -0.25) is 29.2 Å². The monoisotopic (exact) mass is 431 g/mol. The van der Waals surface area contributed by atoms with Crippen LogP contribution in [-0.4, -0.2) is 43.0 Å². The first-order valence-electron chi connectivity index (χ1n) is 10.3. The maximum absolute atomic E-state index is 12.9. The van der Waals surface area contributed by atoms with Gasteiger partial charge in [0.25, 0.3) is 5.91 Å². The van der Waals surface area contributed by atoms with Crippen LogP contribution >= 0.6 is 0 Å². The molecule has 0 spiro atoms. The molecule has 2 aliphatic rings. The quantitative estimate of drug-likeness (QED) is 0.628. The van der Waals surface area contributed by atoms with Crippen LogP contribution in [0.3, 0.4) is 0 Å². The molecule has 1 aromatic carbocycles. The zero-order chi connectivity index (χ0) is 22.6. The highest BCUT2D eigenvalue weighted by atomic mass is 16.2. The highest BCUT2D eigenvalue weighted by molar-refractivity contribution is 6.05. The SMILES string of the molecule is Cn1ncc(-c2ccc3c(c2)CN([C@H]2CCC(=O)NC2=O)C3=O)c1-c1ccc(=O)n(C)c1. The van der Waals surface area contributed by atoms with Crippen molar-refractivity contribution in [3.8, 4) is 22.4 Å². The first-order chi connectivity index (χ1) is 15.3. The summed E-state index contributed by atoms with van der Waals surface area (Å²) in [6.45, 7) is 0.309. The molecule has 5 rings (SSSR count). The zero-order valence-electron chi connectivity index (χ0n) is 17.7. The molecule has 2 aliphatic heterocycles. The number of rotatable bonds is 3. The highest BCUT2D eigenvalue weighted by Crippen LogP contribution is 2.35. The Balaban J connectivity index is 1.50. The predicted octanol–water partition coefficient (Wildman–Crippen LogP) is 1.21. The van der Waals surface area contributed by atoms with E-state index in [9.17, 15) is 19.2 Å². The number of nitrogens with one attached hydrogen (secondary N) is 1. The summed E-state index contributed by atoms with van der Waals surface area (Å²) in [5.74, 6) is -0.933. The minimum absolute atomic E-state index is 0.0953. The lowest BCUT2D eigenvalue weighted by Crippen LogP contribution is -2.52. The zero-order valence-corrected chi connectivity index (χ0v) is 17.7. The first-order valence-corrected chi connectivity index (χ1v) is 10.3. The van der Waals surface area contributed by atoms with Crippen LogP contribution in [0.4, 0.5) is 0 Å². The molecule has 1 saturated heterocycles. The van der Waals surface area contributed by atoms with E-state index in [-0.39, 0.29) is 23.8 Å². The second-order valence-electron chi connectivity index (χ2n) is 8.17. The first kappa shape index (κ1) is 19.9. The van der Waals surface area contributed by atoms with Gasteiger partial charge in [-0.25, -0.2) is 0 Å². The molecule has 0 unspecified atom stereocenters. The fraction of sp³-hybridized carbons (Fsp3) is 0.261. The third-order valence-corrected chi connectivity index (χ3v) is 6.13. The molecule has 4 heterocycles. The standard InChI is InChI=1S/C23H21N5O4/c1-26-11-14(4-8-20(26)30)21-17(10-24-27(21)2)13-3-5-16-15(9-13)12-28(23(16)32)18-6-7-19(29)25-22(18)31/h3-5,8-11,18H,6-7,12H2,1-2H3,(H,25,29,31)/t18-/m0/s1. The van der Waals surface area contributed by atoms with Gasteiger partial charge in [-0.15, -0.1) is 0 Å². The van der Waals surface area contributed by atoms with Crippen LogP contribution in [0, 0.1) is 0 Å². The van der Waals surface area contributed by atoms with Crippen LogP contribution in [0.2, 0.25) is 0 Å². The summed E-state index contributed by atoms with van der Waals surface area (Å²) >= 11 is 0.